The van der Waals surface area contributed by atoms with Crippen LogP contribution in [-0.4, -0.2) is 28.6 Å². The zero-order valence-electron chi connectivity index (χ0n) is 9.56. The second kappa shape index (κ2) is 6.59. The standard InChI is InChI=1S/C11H25NOSi/c12-9-5-2-1-3-7-11(14)8-4-6-10-13-11/h1-10,12H2,14H3. The Hall–Kier alpha value is 0.137. The van der Waals surface area contributed by atoms with Gasteiger partial charge in [0.25, 0.3) is 0 Å². The van der Waals surface area contributed by atoms with Gasteiger partial charge >= 0.3 is 0 Å². The minimum Gasteiger partial charge on any atom is -0.380 e. The molecule has 1 heterocycles. The van der Waals surface area contributed by atoms with Crippen molar-refractivity contribution in [2.24, 2.45) is 5.73 Å². The Morgan fingerprint density at radius 2 is 1.93 bits per heavy atom. The van der Waals surface area contributed by atoms with E-state index >= 15 is 0 Å². The van der Waals surface area contributed by atoms with E-state index in [0.717, 1.165) is 13.2 Å². The van der Waals surface area contributed by atoms with Crippen LogP contribution in [0, 0.1) is 0 Å². The molecule has 14 heavy (non-hydrogen) atoms. The maximum atomic E-state index is 5.91. The van der Waals surface area contributed by atoms with Crippen molar-refractivity contribution in [3.63, 3.8) is 0 Å². The summed E-state index contributed by atoms with van der Waals surface area (Å²) >= 11 is 0. The predicted molar refractivity (Wildman–Crippen MR) is 64.6 cm³/mol. The summed E-state index contributed by atoms with van der Waals surface area (Å²) in [5, 5.41) is 0.334. The maximum absolute atomic E-state index is 5.91. The van der Waals surface area contributed by atoms with Crippen LogP contribution >= 0.6 is 0 Å². The molecule has 84 valence electrons. The summed E-state index contributed by atoms with van der Waals surface area (Å²) in [6.45, 7) is 1.86. The third-order valence-corrected chi connectivity index (χ3v) is 4.50. The van der Waals surface area contributed by atoms with Crippen LogP contribution in [0.3, 0.4) is 0 Å². The molecule has 1 fully saturated rings. The molecule has 1 saturated heterocycles. The monoisotopic (exact) mass is 215 g/mol. The molecule has 0 spiro atoms. The first-order valence-electron chi connectivity index (χ1n) is 6.11. The highest BCUT2D eigenvalue weighted by atomic mass is 28.1. The molecule has 0 aromatic heterocycles. The van der Waals surface area contributed by atoms with Crippen molar-refractivity contribution in [1.29, 1.82) is 0 Å². The van der Waals surface area contributed by atoms with Crippen LogP contribution in [0.2, 0.25) is 0 Å². The Morgan fingerprint density at radius 3 is 2.57 bits per heavy atom. The number of hydrogen-bond acceptors (Lipinski definition) is 2. The van der Waals surface area contributed by atoms with Crippen LogP contribution < -0.4 is 5.73 Å². The molecule has 0 aromatic rings. The molecule has 0 amide bonds. The molecule has 1 atom stereocenters. The molecule has 0 saturated carbocycles. The van der Waals surface area contributed by atoms with Crippen molar-refractivity contribution < 1.29 is 4.74 Å². The van der Waals surface area contributed by atoms with Gasteiger partial charge in [-0.05, 0) is 38.6 Å². The first kappa shape index (κ1) is 12.2. The van der Waals surface area contributed by atoms with Gasteiger partial charge in [0.15, 0.2) is 0 Å². The van der Waals surface area contributed by atoms with E-state index in [1.54, 1.807) is 0 Å². The summed E-state index contributed by atoms with van der Waals surface area (Å²) in [7, 11) is 1.20. The molecule has 2 nitrogen and oxygen atoms in total. The zero-order chi connectivity index (χ0) is 10.3. The molecule has 1 aliphatic rings. The Bertz CT molecular complexity index is 146. The van der Waals surface area contributed by atoms with Crippen LogP contribution in [0.4, 0.5) is 0 Å². The molecule has 1 aliphatic heterocycles. The zero-order valence-corrected chi connectivity index (χ0v) is 11.6. The fraction of sp³-hybridized carbons (Fsp3) is 1.00. The van der Waals surface area contributed by atoms with Gasteiger partial charge in [0.05, 0.1) is 0 Å². The third kappa shape index (κ3) is 4.58. The minimum absolute atomic E-state index is 0.334. The van der Waals surface area contributed by atoms with Crippen LogP contribution in [0.5, 0.6) is 0 Å². The summed E-state index contributed by atoms with van der Waals surface area (Å²) in [5.41, 5.74) is 5.46. The van der Waals surface area contributed by atoms with Gasteiger partial charge in [-0.25, -0.2) is 0 Å². The predicted octanol–water partition coefficient (Wildman–Crippen LogP) is 1.16. The van der Waals surface area contributed by atoms with Gasteiger partial charge in [-0.3, -0.25) is 0 Å². The molecule has 2 N–H and O–H groups in total. The fourth-order valence-corrected chi connectivity index (χ4v) is 3.10. The lowest BCUT2D eigenvalue weighted by atomic mass is 10.0. The van der Waals surface area contributed by atoms with E-state index in [1.807, 2.05) is 0 Å². The van der Waals surface area contributed by atoms with Crippen LogP contribution in [-0.2, 0) is 4.74 Å². The largest absolute Gasteiger partial charge is 0.380 e. The van der Waals surface area contributed by atoms with Crippen LogP contribution in [0.15, 0.2) is 0 Å². The van der Waals surface area contributed by atoms with E-state index in [-0.39, 0.29) is 0 Å². The first-order chi connectivity index (χ1) is 6.77. The molecule has 0 aliphatic carbocycles. The third-order valence-electron chi connectivity index (χ3n) is 3.21. The van der Waals surface area contributed by atoms with Gasteiger partial charge < -0.3 is 10.5 Å². The Morgan fingerprint density at radius 1 is 1.14 bits per heavy atom. The number of nitrogens with two attached hydrogens (primary N) is 1. The number of ether oxygens (including phenoxy) is 1. The number of rotatable bonds is 6. The van der Waals surface area contributed by atoms with E-state index in [9.17, 15) is 0 Å². The normalized spacial score (nSPS) is 28.1. The molecular weight excluding hydrogens is 190 g/mol. The highest BCUT2D eigenvalue weighted by Gasteiger charge is 2.26. The fourth-order valence-electron chi connectivity index (χ4n) is 2.19. The lowest BCUT2D eigenvalue weighted by molar-refractivity contribution is -0.0239. The molecule has 0 bridgehead atoms. The molecule has 0 radical (unpaired) electrons. The summed E-state index contributed by atoms with van der Waals surface area (Å²) in [4.78, 5) is 0. The number of unbranched alkanes of at least 4 members (excludes halogenated alkanes) is 3. The molecule has 0 aromatic carbocycles. The van der Waals surface area contributed by atoms with Crippen LogP contribution in [0.25, 0.3) is 0 Å². The van der Waals surface area contributed by atoms with Gasteiger partial charge in [0.2, 0.25) is 0 Å². The molecule has 3 heteroatoms. The lowest BCUT2D eigenvalue weighted by Crippen LogP contribution is -2.36. The molecule has 1 rings (SSSR count). The van der Waals surface area contributed by atoms with Gasteiger partial charge in [-0.2, -0.15) is 0 Å². The van der Waals surface area contributed by atoms with Crippen molar-refractivity contribution in [1.82, 2.24) is 0 Å². The van der Waals surface area contributed by atoms with E-state index in [4.69, 9.17) is 10.5 Å². The van der Waals surface area contributed by atoms with Crippen molar-refractivity contribution in [3.05, 3.63) is 0 Å². The molecular formula is C11H25NOSi. The second-order valence-corrected chi connectivity index (χ2v) is 6.53. The lowest BCUT2D eigenvalue weighted by Gasteiger charge is -2.34. The highest BCUT2D eigenvalue weighted by molar-refractivity contribution is 6.14. The Balaban J connectivity index is 2.03. The summed E-state index contributed by atoms with van der Waals surface area (Å²) in [6, 6.07) is 0. The average molecular weight is 215 g/mol. The molecule has 1 unspecified atom stereocenters. The van der Waals surface area contributed by atoms with E-state index < -0.39 is 0 Å². The minimum atomic E-state index is 0.334. The second-order valence-electron chi connectivity index (χ2n) is 4.71. The quantitative estimate of drug-likeness (QED) is 0.533. The van der Waals surface area contributed by atoms with Crippen molar-refractivity contribution in [2.45, 2.75) is 56.6 Å². The summed E-state index contributed by atoms with van der Waals surface area (Å²) < 4.78 is 5.91. The summed E-state index contributed by atoms with van der Waals surface area (Å²) in [5.74, 6) is 0. The summed E-state index contributed by atoms with van der Waals surface area (Å²) in [6.07, 6.45) is 10.4. The smallest absolute Gasteiger partial charge is 0.0486 e. The topological polar surface area (TPSA) is 35.2 Å². The van der Waals surface area contributed by atoms with Gasteiger partial charge in [-0.1, -0.05) is 19.3 Å². The van der Waals surface area contributed by atoms with E-state index in [2.05, 4.69) is 0 Å². The van der Waals surface area contributed by atoms with Gasteiger partial charge in [0.1, 0.15) is 0 Å². The first-order valence-corrected chi connectivity index (χ1v) is 7.11. The van der Waals surface area contributed by atoms with E-state index in [0.29, 0.717) is 5.22 Å². The SMILES string of the molecule is NCCCCCCC1([SiH3])CCCCO1. The maximum Gasteiger partial charge on any atom is 0.0486 e. The Labute approximate surface area is 91.0 Å². The van der Waals surface area contributed by atoms with E-state index in [1.165, 1.54) is 61.6 Å². The number of hydrogen-bond donors (Lipinski definition) is 1. The van der Waals surface area contributed by atoms with Crippen molar-refractivity contribution in [2.75, 3.05) is 13.2 Å². The Kier molecular flexibility index (Phi) is 5.75. The highest BCUT2D eigenvalue weighted by Crippen LogP contribution is 2.27. The van der Waals surface area contributed by atoms with Gasteiger partial charge in [0, 0.05) is 22.1 Å². The van der Waals surface area contributed by atoms with Crippen LogP contribution in [0.1, 0.15) is 51.4 Å². The van der Waals surface area contributed by atoms with Crippen molar-refractivity contribution in [3.8, 4) is 0 Å². The average Bonchev–Trinajstić information content (AvgIpc) is 2.18. The van der Waals surface area contributed by atoms with Crippen molar-refractivity contribution >= 4 is 10.2 Å². The van der Waals surface area contributed by atoms with Gasteiger partial charge in [-0.15, -0.1) is 0 Å².